The van der Waals surface area contributed by atoms with Crippen molar-refractivity contribution in [3.8, 4) is 22.9 Å². The summed E-state index contributed by atoms with van der Waals surface area (Å²) in [5.74, 6) is -0.0545. The molecule has 0 aromatic heterocycles. The molecular formula is C13H7Cl2NO. The van der Waals surface area contributed by atoms with E-state index in [0.29, 0.717) is 10.0 Å². The number of hydrogen-bond donors (Lipinski definition) is 1. The summed E-state index contributed by atoms with van der Waals surface area (Å²) < 4.78 is 0. The van der Waals surface area contributed by atoms with Gasteiger partial charge in [-0.15, -0.1) is 0 Å². The Morgan fingerprint density at radius 2 is 1.59 bits per heavy atom. The van der Waals surface area contributed by atoms with Gasteiger partial charge in [0.15, 0.2) is 0 Å². The van der Waals surface area contributed by atoms with Crippen LogP contribution in [0.5, 0.6) is 5.75 Å². The van der Waals surface area contributed by atoms with Gasteiger partial charge in [-0.2, -0.15) is 5.26 Å². The first kappa shape index (κ1) is 11.8. The molecule has 0 aliphatic carbocycles. The van der Waals surface area contributed by atoms with Crippen molar-refractivity contribution in [3.63, 3.8) is 0 Å². The van der Waals surface area contributed by atoms with Gasteiger partial charge in [0.1, 0.15) is 11.8 Å². The van der Waals surface area contributed by atoms with E-state index in [1.165, 1.54) is 6.07 Å². The van der Waals surface area contributed by atoms with E-state index in [-0.39, 0.29) is 11.3 Å². The first-order chi connectivity index (χ1) is 8.10. The normalized spacial score (nSPS) is 9.94. The molecule has 0 atom stereocenters. The Morgan fingerprint density at radius 3 is 2.12 bits per heavy atom. The van der Waals surface area contributed by atoms with Crippen molar-refractivity contribution in [2.75, 3.05) is 0 Å². The summed E-state index contributed by atoms with van der Waals surface area (Å²) in [5, 5.41) is 19.4. The van der Waals surface area contributed by atoms with Gasteiger partial charge in [-0.25, -0.2) is 0 Å². The highest BCUT2D eigenvalue weighted by Gasteiger charge is 2.05. The fourth-order valence-corrected chi connectivity index (χ4v) is 2.05. The molecule has 2 nitrogen and oxygen atoms in total. The SMILES string of the molecule is N#Cc1ccc(-c2cc(Cl)cc(Cl)c2)cc1O. The number of aromatic hydroxyl groups is 1. The van der Waals surface area contributed by atoms with Crippen LogP contribution < -0.4 is 0 Å². The molecule has 0 radical (unpaired) electrons. The minimum Gasteiger partial charge on any atom is -0.507 e. The number of benzene rings is 2. The van der Waals surface area contributed by atoms with Crippen LogP contribution in [-0.4, -0.2) is 5.11 Å². The lowest BCUT2D eigenvalue weighted by Gasteiger charge is -2.05. The van der Waals surface area contributed by atoms with Crippen LogP contribution in [0.3, 0.4) is 0 Å². The summed E-state index contributed by atoms with van der Waals surface area (Å²) in [6.07, 6.45) is 0. The van der Waals surface area contributed by atoms with Crippen molar-refractivity contribution in [2.24, 2.45) is 0 Å². The maximum atomic E-state index is 9.60. The third kappa shape index (κ3) is 2.52. The van der Waals surface area contributed by atoms with Crippen LogP contribution in [0.1, 0.15) is 5.56 Å². The summed E-state index contributed by atoms with van der Waals surface area (Å²) in [7, 11) is 0. The van der Waals surface area contributed by atoms with Gasteiger partial charge in [0.05, 0.1) is 5.56 Å². The number of phenols is 1. The van der Waals surface area contributed by atoms with E-state index in [1.54, 1.807) is 30.3 Å². The van der Waals surface area contributed by atoms with Crippen LogP contribution in [-0.2, 0) is 0 Å². The number of nitriles is 1. The molecule has 0 aliphatic heterocycles. The van der Waals surface area contributed by atoms with E-state index in [2.05, 4.69) is 0 Å². The van der Waals surface area contributed by atoms with Crippen LogP contribution in [0.15, 0.2) is 36.4 Å². The lowest BCUT2D eigenvalue weighted by atomic mass is 10.0. The van der Waals surface area contributed by atoms with Crippen molar-refractivity contribution in [1.29, 1.82) is 5.26 Å². The first-order valence-electron chi connectivity index (χ1n) is 4.80. The lowest BCUT2D eigenvalue weighted by Crippen LogP contribution is -1.81. The smallest absolute Gasteiger partial charge is 0.133 e. The third-order valence-corrected chi connectivity index (χ3v) is 2.75. The standard InChI is InChI=1S/C13H7Cl2NO/c14-11-3-10(4-12(15)6-11)8-1-2-9(7-16)13(17)5-8/h1-6,17H. The van der Waals surface area contributed by atoms with Crippen LogP contribution in [0, 0.1) is 11.3 Å². The summed E-state index contributed by atoms with van der Waals surface area (Å²) in [6, 6.07) is 11.8. The van der Waals surface area contributed by atoms with E-state index in [1.807, 2.05) is 6.07 Å². The van der Waals surface area contributed by atoms with Gasteiger partial charge < -0.3 is 5.11 Å². The van der Waals surface area contributed by atoms with Gasteiger partial charge in [0.25, 0.3) is 0 Å². The molecule has 17 heavy (non-hydrogen) atoms. The van der Waals surface area contributed by atoms with Gasteiger partial charge in [0.2, 0.25) is 0 Å². The van der Waals surface area contributed by atoms with Crippen molar-refractivity contribution in [1.82, 2.24) is 0 Å². The summed E-state index contributed by atoms with van der Waals surface area (Å²) in [4.78, 5) is 0. The molecule has 0 unspecified atom stereocenters. The number of halogens is 2. The molecule has 0 saturated heterocycles. The monoisotopic (exact) mass is 263 g/mol. The molecule has 2 rings (SSSR count). The van der Waals surface area contributed by atoms with Gasteiger partial charge >= 0.3 is 0 Å². The van der Waals surface area contributed by atoms with Crippen LogP contribution in [0.4, 0.5) is 0 Å². The minimum atomic E-state index is -0.0545. The number of phenolic OH excluding ortho intramolecular Hbond substituents is 1. The second kappa shape index (κ2) is 4.67. The van der Waals surface area contributed by atoms with Crippen LogP contribution >= 0.6 is 23.2 Å². The minimum absolute atomic E-state index is 0.0545. The molecule has 4 heteroatoms. The Labute approximate surface area is 109 Å². The molecule has 0 fully saturated rings. The topological polar surface area (TPSA) is 44.0 Å². The molecule has 0 bridgehead atoms. The fraction of sp³-hybridized carbons (Fsp3) is 0. The highest BCUT2D eigenvalue weighted by Crippen LogP contribution is 2.30. The second-order valence-electron chi connectivity index (χ2n) is 3.50. The van der Waals surface area contributed by atoms with Crippen LogP contribution in [0.25, 0.3) is 11.1 Å². The van der Waals surface area contributed by atoms with Gasteiger partial charge in [0, 0.05) is 10.0 Å². The molecule has 0 saturated carbocycles. The Kier molecular flexibility index (Phi) is 3.23. The van der Waals surface area contributed by atoms with Crippen molar-refractivity contribution >= 4 is 23.2 Å². The average molecular weight is 264 g/mol. The Balaban J connectivity index is 2.54. The van der Waals surface area contributed by atoms with Crippen molar-refractivity contribution in [2.45, 2.75) is 0 Å². The van der Waals surface area contributed by atoms with E-state index >= 15 is 0 Å². The van der Waals surface area contributed by atoms with E-state index < -0.39 is 0 Å². The van der Waals surface area contributed by atoms with E-state index in [4.69, 9.17) is 28.5 Å². The number of hydrogen-bond acceptors (Lipinski definition) is 2. The fourth-order valence-electron chi connectivity index (χ4n) is 1.53. The molecule has 2 aromatic rings. The predicted molar refractivity (Wildman–Crippen MR) is 68.3 cm³/mol. The van der Waals surface area contributed by atoms with Crippen molar-refractivity contribution in [3.05, 3.63) is 52.0 Å². The predicted octanol–water partition coefficient (Wildman–Crippen LogP) is 4.24. The molecule has 1 N–H and O–H groups in total. The highest BCUT2D eigenvalue weighted by atomic mass is 35.5. The third-order valence-electron chi connectivity index (χ3n) is 2.31. The zero-order valence-corrected chi connectivity index (χ0v) is 10.1. The van der Waals surface area contributed by atoms with E-state index in [0.717, 1.165) is 11.1 Å². The van der Waals surface area contributed by atoms with Gasteiger partial charge in [-0.1, -0.05) is 29.3 Å². The average Bonchev–Trinajstić information content (AvgIpc) is 2.27. The molecule has 0 amide bonds. The van der Waals surface area contributed by atoms with Gasteiger partial charge in [-0.3, -0.25) is 0 Å². The highest BCUT2D eigenvalue weighted by molar-refractivity contribution is 6.35. The number of rotatable bonds is 1. The largest absolute Gasteiger partial charge is 0.507 e. The maximum absolute atomic E-state index is 9.60. The Hall–Kier alpha value is -1.69. The molecule has 2 aromatic carbocycles. The first-order valence-corrected chi connectivity index (χ1v) is 5.55. The van der Waals surface area contributed by atoms with E-state index in [9.17, 15) is 5.11 Å². The summed E-state index contributed by atoms with van der Waals surface area (Å²) in [5.41, 5.74) is 1.79. The zero-order valence-electron chi connectivity index (χ0n) is 8.61. The molecule has 0 spiro atoms. The molecular weight excluding hydrogens is 257 g/mol. The van der Waals surface area contributed by atoms with Gasteiger partial charge in [-0.05, 0) is 41.5 Å². The van der Waals surface area contributed by atoms with Crippen LogP contribution in [0.2, 0.25) is 10.0 Å². The quantitative estimate of drug-likeness (QED) is 0.837. The Bertz CT molecular complexity index is 597. The van der Waals surface area contributed by atoms with Crippen molar-refractivity contribution < 1.29 is 5.11 Å². The lowest BCUT2D eigenvalue weighted by molar-refractivity contribution is 0.474. The molecule has 0 heterocycles. The number of nitrogens with zero attached hydrogens (tertiary/aromatic N) is 1. The molecule has 0 aliphatic rings. The Morgan fingerprint density at radius 1 is 0.941 bits per heavy atom. The zero-order chi connectivity index (χ0) is 12.4. The maximum Gasteiger partial charge on any atom is 0.133 e. The second-order valence-corrected chi connectivity index (χ2v) is 4.37. The summed E-state index contributed by atoms with van der Waals surface area (Å²) in [6.45, 7) is 0. The molecule has 84 valence electrons. The summed E-state index contributed by atoms with van der Waals surface area (Å²) >= 11 is 11.8.